The summed E-state index contributed by atoms with van der Waals surface area (Å²) in [6.07, 6.45) is 0. The molecule has 17 heavy (non-hydrogen) atoms. The number of hydrogen-bond acceptors (Lipinski definition) is 6. The maximum Gasteiger partial charge on any atom is 0.342 e. The smallest absolute Gasteiger partial charge is 0.342 e. The van der Waals surface area contributed by atoms with Gasteiger partial charge < -0.3 is 14.2 Å². The number of carbonyl (C=O) groups is 2. The molecule has 0 unspecified atom stereocenters. The lowest BCUT2D eigenvalue weighted by atomic mass is 10.3. The van der Waals surface area contributed by atoms with Crippen molar-refractivity contribution in [3.63, 3.8) is 0 Å². The van der Waals surface area contributed by atoms with Crippen LogP contribution in [0.5, 0.6) is 0 Å². The van der Waals surface area contributed by atoms with Crippen molar-refractivity contribution in [2.24, 2.45) is 4.99 Å². The number of esters is 2. The van der Waals surface area contributed by atoms with E-state index in [1.165, 1.54) is 0 Å². The minimum absolute atomic E-state index is 0.179. The highest BCUT2D eigenvalue weighted by molar-refractivity contribution is 6.01. The van der Waals surface area contributed by atoms with E-state index in [1.807, 2.05) is 0 Å². The first-order chi connectivity index (χ1) is 8.06. The van der Waals surface area contributed by atoms with E-state index in [-0.39, 0.29) is 19.1 Å². The maximum atomic E-state index is 11.5. The summed E-state index contributed by atoms with van der Waals surface area (Å²) in [5.41, 5.74) is 0. The Morgan fingerprint density at radius 2 is 1.35 bits per heavy atom. The van der Waals surface area contributed by atoms with Crippen LogP contribution < -0.4 is 0 Å². The van der Waals surface area contributed by atoms with Crippen molar-refractivity contribution in [3.05, 3.63) is 0 Å². The number of aliphatic imine (C=N–C) groups is 1. The van der Waals surface area contributed by atoms with Crippen LogP contribution in [0.15, 0.2) is 4.99 Å². The molecule has 0 aromatic rings. The van der Waals surface area contributed by atoms with Gasteiger partial charge in [0.25, 0.3) is 0 Å². The van der Waals surface area contributed by atoms with Crippen molar-refractivity contribution in [2.45, 2.75) is 33.7 Å². The van der Waals surface area contributed by atoms with Gasteiger partial charge in [0.15, 0.2) is 5.90 Å². The monoisotopic (exact) mass is 245 g/mol. The van der Waals surface area contributed by atoms with Crippen LogP contribution in [0.3, 0.4) is 0 Å². The van der Waals surface area contributed by atoms with Crippen LogP contribution >= 0.6 is 0 Å². The van der Waals surface area contributed by atoms with Crippen LogP contribution in [0.25, 0.3) is 0 Å². The van der Waals surface area contributed by atoms with Crippen molar-refractivity contribution in [1.29, 1.82) is 0 Å². The largest absolute Gasteiger partial charge is 0.481 e. The van der Waals surface area contributed by atoms with Gasteiger partial charge in [0.05, 0.1) is 19.8 Å². The van der Waals surface area contributed by atoms with Gasteiger partial charge in [-0.1, -0.05) is 0 Å². The number of nitrogens with zero attached hydrogens (tertiary/aromatic N) is 1. The van der Waals surface area contributed by atoms with E-state index in [9.17, 15) is 9.59 Å². The molecule has 0 amide bonds. The van der Waals surface area contributed by atoms with Gasteiger partial charge in [-0.15, -0.1) is 0 Å². The third-order valence-electron chi connectivity index (χ3n) is 1.68. The zero-order valence-electron chi connectivity index (χ0n) is 10.7. The Morgan fingerprint density at radius 1 is 0.941 bits per heavy atom. The second-order valence-electron chi connectivity index (χ2n) is 2.99. The summed E-state index contributed by atoms with van der Waals surface area (Å²) in [6.45, 7) is 7.42. The van der Waals surface area contributed by atoms with Gasteiger partial charge in [-0.3, -0.25) is 0 Å². The minimum atomic E-state index is -1.30. The summed E-state index contributed by atoms with van der Waals surface area (Å²) in [7, 11) is 0. The number of carbonyl (C=O) groups excluding carboxylic acids is 2. The van der Waals surface area contributed by atoms with Gasteiger partial charge in [-0.2, -0.15) is 0 Å². The molecule has 98 valence electrons. The molecule has 0 N–H and O–H groups in total. The first kappa shape index (κ1) is 15.4. The molecule has 0 heterocycles. The highest BCUT2D eigenvalue weighted by Crippen LogP contribution is 2.01. The molecule has 0 aliphatic carbocycles. The maximum absolute atomic E-state index is 11.5. The van der Waals surface area contributed by atoms with E-state index in [2.05, 4.69) is 4.99 Å². The van der Waals surface area contributed by atoms with Gasteiger partial charge >= 0.3 is 11.9 Å². The van der Waals surface area contributed by atoms with E-state index in [0.29, 0.717) is 6.61 Å². The van der Waals surface area contributed by atoms with Crippen LogP contribution in [0.1, 0.15) is 27.7 Å². The lowest BCUT2D eigenvalue weighted by Gasteiger charge is -2.11. The van der Waals surface area contributed by atoms with Crippen LogP contribution in [0, 0.1) is 0 Å². The van der Waals surface area contributed by atoms with E-state index in [0.717, 1.165) is 0 Å². The van der Waals surface area contributed by atoms with Crippen molar-refractivity contribution >= 4 is 17.8 Å². The highest BCUT2D eigenvalue weighted by atomic mass is 16.6. The molecule has 6 nitrogen and oxygen atoms in total. The molecular formula is C11H19NO5. The zero-order chi connectivity index (χ0) is 13.3. The average Bonchev–Trinajstić information content (AvgIpc) is 2.26. The Bertz CT molecular complexity index is 270. The fourth-order valence-corrected chi connectivity index (χ4v) is 1.07. The third kappa shape index (κ3) is 5.89. The van der Waals surface area contributed by atoms with Crippen molar-refractivity contribution in [1.82, 2.24) is 0 Å². The summed E-state index contributed by atoms with van der Waals surface area (Å²) in [5, 5.41) is 0. The molecule has 0 fully saturated rings. The van der Waals surface area contributed by atoms with E-state index < -0.39 is 18.0 Å². The fourth-order valence-electron chi connectivity index (χ4n) is 1.07. The molecule has 0 atom stereocenters. The van der Waals surface area contributed by atoms with Gasteiger partial charge in [0.1, 0.15) is 0 Å². The number of rotatable bonds is 6. The van der Waals surface area contributed by atoms with E-state index in [4.69, 9.17) is 14.2 Å². The number of ether oxygens (including phenoxy) is 3. The first-order valence-electron chi connectivity index (χ1n) is 5.57. The molecular weight excluding hydrogens is 226 g/mol. The summed E-state index contributed by atoms with van der Waals surface area (Å²) in [4.78, 5) is 26.9. The molecule has 0 bridgehead atoms. The van der Waals surface area contributed by atoms with Crippen LogP contribution in [0.2, 0.25) is 0 Å². The fraction of sp³-hybridized carbons (Fsp3) is 0.727. The van der Waals surface area contributed by atoms with Crippen LogP contribution in [-0.4, -0.2) is 43.7 Å². The summed E-state index contributed by atoms with van der Waals surface area (Å²) in [5.74, 6) is -1.21. The molecule has 0 spiro atoms. The van der Waals surface area contributed by atoms with Crippen molar-refractivity contribution in [3.8, 4) is 0 Å². The predicted octanol–water partition coefficient (Wildman–Crippen LogP) is 0.936. The quantitative estimate of drug-likeness (QED) is 0.301. The molecule has 0 saturated carbocycles. The molecule has 0 aromatic heterocycles. The zero-order valence-corrected chi connectivity index (χ0v) is 10.7. The van der Waals surface area contributed by atoms with Crippen LogP contribution in [-0.2, 0) is 23.8 Å². The van der Waals surface area contributed by atoms with Gasteiger partial charge in [-0.05, 0) is 20.8 Å². The summed E-state index contributed by atoms with van der Waals surface area (Å²) >= 11 is 0. The molecule has 0 aliphatic rings. The van der Waals surface area contributed by atoms with Crippen molar-refractivity contribution < 1.29 is 23.8 Å². The average molecular weight is 245 g/mol. The molecule has 0 aromatic carbocycles. The summed E-state index contributed by atoms with van der Waals surface area (Å²) < 4.78 is 14.6. The Labute approximate surface area is 101 Å². The van der Waals surface area contributed by atoms with E-state index in [1.54, 1.807) is 27.7 Å². The molecule has 6 heteroatoms. The standard InChI is InChI=1S/C11H19NO5/c1-5-15-8(4)12-9(10(13)16-6-2)11(14)17-7-3/h9H,5-7H2,1-4H3/b12-8+. The van der Waals surface area contributed by atoms with Gasteiger partial charge in [-0.25, -0.2) is 14.6 Å². The van der Waals surface area contributed by atoms with Crippen molar-refractivity contribution in [2.75, 3.05) is 19.8 Å². The lowest BCUT2D eigenvalue weighted by molar-refractivity contribution is -0.156. The Balaban J connectivity index is 4.78. The second kappa shape index (κ2) is 8.55. The second-order valence-corrected chi connectivity index (χ2v) is 2.99. The molecule has 0 rings (SSSR count). The topological polar surface area (TPSA) is 74.2 Å². The van der Waals surface area contributed by atoms with E-state index >= 15 is 0 Å². The normalized spacial score (nSPS) is 11.2. The van der Waals surface area contributed by atoms with Gasteiger partial charge in [0, 0.05) is 6.92 Å². The summed E-state index contributed by atoms with van der Waals surface area (Å²) in [6, 6.07) is -1.30. The van der Waals surface area contributed by atoms with Gasteiger partial charge in [0.2, 0.25) is 6.04 Å². The Morgan fingerprint density at radius 3 is 1.71 bits per heavy atom. The highest BCUT2D eigenvalue weighted by Gasteiger charge is 2.29. The van der Waals surface area contributed by atoms with Crippen LogP contribution in [0.4, 0.5) is 0 Å². The molecule has 0 radical (unpaired) electrons. The minimum Gasteiger partial charge on any atom is -0.481 e. The Hall–Kier alpha value is -1.59. The molecule has 0 aliphatic heterocycles. The predicted molar refractivity (Wildman–Crippen MR) is 61.8 cm³/mol. The Kier molecular flexibility index (Phi) is 7.75. The SMILES string of the molecule is CCOC(=O)C(/N=C(\C)OCC)C(=O)OCC. The third-order valence-corrected chi connectivity index (χ3v) is 1.68. The number of hydrogen-bond donors (Lipinski definition) is 0. The lowest BCUT2D eigenvalue weighted by Crippen LogP contribution is -2.33. The molecule has 0 saturated heterocycles. The first-order valence-corrected chi connectivity index (χ1v) is 5.57.